The van der Waals surface area contributed by atoms with E-state index in [1.807, 2.05) is 17.8 Å². The van der Waals surface area contributed by atoms with Gasteiger partial charge in [0.15, 0.2) is 0 Å². The van der Waals surface area contributed by atoms with Gasteiger partial charge in [-0.3, -0.25) is 9.59 Å². The second-order valence-corrected chi connectivity index (χ2v) is 5.48. The number of hydrogen-bond donors (Lipinski definition) is 1. The number of aryl methyl sites for hydroxylation is 1. The summed E-state index contributed by atoms with van der Waals surface area (Å²) in [5, 5.41) is 2.99. The monoisotopic (exact) mass is 302 g/mol. The van der Waals surface area contributed by atoms with Gasteiger partial charge in [-0.15, -0.1) is 0 Å². The fourth-order valence-corrected chi connectivity index (χ4v) is 2.85. The zero-order chi connectivity index (χ0) is 15.7. The van der Waals surface area contributed by atoms with Crippen LogP contribution in [-0.4, -0.2) is 39.4 Å². The molecule has 1 saturated heterocycles. The zero-order valence-electron chi connectivity index (χ0n) is 12.5. The van der Waals surface area contributed by atoms with E-state index in [4.69, 9.17) is 4.42 Å². The topological polar surface area (TPSA) is 80.4 Å². The molecular formula is C15H18N4O3. The molecule has 0 saturated carbocycles. The number of nitrogens with zero attached hydrogens (tertiary/aromatic N) is 3. The largest absolute Gasteiger partial charge is 0.472 e. The van der Waals surface area contributed by atoms with Crippen LogP contribution in [-0.2, 0) is 11.8 Å². The van der Waals surface area contributed by atoms with E-state index in [9.17, 15) is 9.59 Å². The third-order valence-electron chi connectivity index (χ3n) is 4.08. The lowest BCUT2D eigenvalue weighted by Gasteiger charge is -2.38. The molecule has 0 bridgehead atoms. The summed E-state index contributed by atoms with van der Waals surface area (Å²) < 4.78 is 6.81. The highest BCUT2D eigenvalue weighted by Gasteiger charge is 2.37. The third kappa shape index (κ3) is 2.49. The van der Waals surface area contributed by atoms with Crippen molar-refractivity contribution in [2.45, 2.75) is 24.9 Å². The molecule has 3 rings (SSSR count). The minimum atomic E-state index is -0.280. The first-order chi connectivity index (χ1) is 10.6. The number of likely N-dealkylation sites (N-methyl/N-ethyl adjacent to an activating group) is 1. The van der Waals surface area contributed by atoms with E-state index in [2.05, 4.69) is 10.3 Å². The van der Waals surface area contributed by atoms with E-state index < -0.39 is 0 Å². The van der Waals surface area contributed by atoms with E-state index in [0.29, 0.717) is 18.4 Å². The van der Waals surface area contributed by atoms with Crippen molar-refractivity contribution in [2.75, 3.05) is 7.05 Å². The van der Waals surface area contributed by atoms with Gasteiger partial charge in [0.1, 0.15) is 18.1 Å². The van der Waals surface area contributed by atoms with Crippen LogP contribution in [0.4, 0.5) is 0 Å². The molecule has 2 atom stereocenters. The van der Waals surface area contributed by atoms with Crippen LogP contribution in [0.2, 0.25) is 0 Å². The molecule has 7 heteroatoms. The van der Waals surface area contributed by atoms with Gasteiger partial charge in [-0.05, 0) is 12.5 Å². The van der Waals surface area contributed by atoms with E-state index >= 15 is 0 Å². The lowest BCUT2D eigenvalue weighted by Crippen LogP contribution is -2.51. The Morgan fingerprint density at radius 1 is 1.45 bits per heavy atom. The average molecular weight is 302 g/mol. The van der Waals surface area contributed by atoms with Crippen LogP contribution in [0.5, 0.6) is 0 Å². The Bertz CT molecular complexity index is 677. The number of furan rings is 1. The Balaban J connectivity index is 1.86. The summed E-state index contributed by atoms with van der Waals surface area (Å²) in [4.78, 5) is 30.3. The van der Waals surface area contributed by atoms with Crippen LogP contribution in [0.1, 0.15) is 35.1 Å². The molecule has 7 nitrogen and oxygen atoms in total. The molecule has 2 aromatic heterocycles. The molecule has 1 aliphatic heterocycles. The van der Waals surface area contributed by atoms with E-state index in [0.717, 1.165) is 5.82 Å². The second-order valence-electron chi connectivity index (χ2n) is 5.48. The molecule has 0 radical (unpaired) electrons. The summed E-state index contributed by atoms with van der Waals surface area (Å²) in [5.74, 6) is 0.607. The molecule has 0 aliphatic carbocycles. The minimum Gasteiger partial charge on any atom is -0.472 e. The fourth-order valence-electron chi connectivity index (χ4n) is 2.85. The number of aromatic nitrogens is 2. The molecule has 1 aliphatic rings. The smallest absolute Gasteiger partial charge is 0.254 e. The lowest BCUT2D eigenvalue weighted by atomic mass is 9.95. The van der Waals surface area contributed by atoms with Gasteiger partial charge in [0.2, 0.25) is 5.91 Å². The first-order valence-electron chi connectivity index (χ1n) is 7.14. The van der Waals surface area contributed by atoms with E-state index in [-0.39, 0.29) is 23.9 Å². The second kappa shape index (κ2) is 5.67. The van der Waals surface area contributed by atoms with Gasteiger partial charge in [0.25, 0.3) is 5.91 Å². The maximum absolute atomic E-state index is 12.3. The lowest BCUT2D eigenvalue weighted by molar-refractivity contribution is -0.136. The van der Waals surface area contributed by atoms with Gasteiger partial charge < -0.3 is 19.2 Å². The number of imidazole rings is 1. The molecular weight excluding hydrogens is 284 g/mol. The van der Waals surface area contributed by atoms with Crippen LogP contribution < -0.4 is 5.32 Å². The van der Waals surface area contributed by atoms with Gasteiger partial charge >= 0.3 is 0 Å². The van der Waals surface area contributed by atoms with Crippen molar-refractivity contribution in [1.82, 2.24) is 19.8 Å². The number of carbonyl (C=O) groups excluding carboxylic acids is 2. The minimum absolute atomic E-state index is 0.0572. The van der Waals surface area contributed by atoms with Crippen molar-refractivity contribution in [3.8, 4) is 0 Å². The standard InChI is InChI=1S/C15H18N4O3/c1-18-7-6-16-14(18)13-11(3-4-12(20)19(13)2)17-15(21)10-5-8-22-9-10/h5-9,11,13H,3-4H2,1-2H3,(H,17,21)/t11-,13-/m1/s1. The predicted molar refractivity (Wildman–Crippen MR) is 77.9 cm³/mol. The summed E-state index contributed by atoms with van der Waals surface area (Å²) in [5.41, 5.74) is 0.471. The SMILES string of the molecule is CN1C(=O)CC[C@@H](NC(=O)c2ccoc2)[C@@H]1c1nccn1C. The number of carbonyl (C=O) groups is 2. The number of nitrogens with one attached hydrogen (secondary N) is 1. The summed E-state index contributed by atoms with van der Waals surface area (Å²) in [6.45, 7) is 0. The molecule has 0 spiro atoms. The first-order valence-corrected chi connectivity index (χ1v) is 7.14. The van der Waals surface area contributed by atoms with Crippen molar-refractivity contribution in [2.24, 2.45) is 7.05 Å². The van der Waals surface area contributed by atoms with Gasteiger partial charge in [0, 0.05) is 32.9 Å². The van der Waals surface area contributed by atoms with E-state index in [1.54, 1.807) is 24.2 Å². The van der Waals surface area contributed by atoms with Crippen LogP contribution >= 0.6 is 0 Å². The third-order valence-corrected chi connectivity index (χ3v) is 4.08. The van der Waals surface area contributed by atoms with Gasteiger partial charge in [-0.2, -0.15) is 0 Å². The van der Waals surface area contributed by atoms with Crippen LogP contribution in [0.25, 0.3) is 0 Å². The van der Waals surface area contributed by atoms with Crippen LogP contribution in [0, 0.1) is 0 Å². The number of likely N-dealkylation sites (tertiary alicyclic amines) is 1. The number of piperidine rings is 1. The highest BCUT2D eigenvalue weighted by molar-refractivity contribution is 5.94. The number of hydrogen-bond acceptors (Lipinski definition) is 4. The molecule has 22 heavy (non-hydrogen) atoms. The van der Waals surface area contributed by atoms with Crippen molar-refractivity contribution in [3.63, 3.8) is 0 Å². The Labute approximate surface area is 127 Å². The molecule has 1 fully saturated rings. The van der Waals surface area contributed by atoms with Crippen molar-refractivity contribution >= 4 is 11.8 Å². The van der Waals surface area contributed by atoms with Crippen molar-refractivity contribution < 1.29 is 14.0 Å². The Hall–Kier alpha value is -2.57. The molecule has 0 aromatic carbocycles. The highest BCUT2D eigenvalue weighted by Crippen LogP contribution is 2.29. The Kier molecular flexibility index (Phi) is 3.70. The van der Waals surface area contributed by atoms with Crippen LogP contribution in [0.15, 0.2) is 35.4 Å². The Morgan fingerprint density at radius 2 is 2.27 bits per heavy atom. The fraction of sp³-hybridized carbons (Fsp3) is 0.400. The molecule has 116 valence electrons. The zero-order valence-corrected chi connectivity index (χ0v) is 12.5. The van der Waals surface area contributed by atoms with Gasteiger partial charge in [0.05, 0.1) is 17.9 Å². The molecule has 2 amide bonds. The van der Waals surface area contributed by atoms with E-state index in [1.165, 1.54) is 12.5 Å². The quantitative estimate of drug-likeness (QED) is 0.921. The van der Waals surface area contributed by atoms with Gasteiger partial charge in [-0.25, -0.2) is 4.98 Å². The van der Waals surface area contributed by atoms with Crippen molar-refractivity contribution in [1.29, 1.82) is 0 Å². The Morgan fingerprint density at radius 3 is 2.91 bits per heavy atom. The molecule has 1 N–H and O–H groups in total. The highest BCUT2D eigenvalue weighted by atomic mass is 16.3. The first kappa shape index (κ1) is 14.4. The summed E-state index contributed by atoms with van der Waals surface area (Å²) in [6.07, 6.45) is 7.39. The number of rotatable bonds is 3. The predicted octanol–water partition coefficient (Wildman–Crippen LogP) is 1.10. The van der Waals surface area contributed by atoms with Gasteiger partial charge in [-0.1, -0.05) is 0 Å². The average Bonchev–Trinajstić information content (AvgIpc) is 3.15. The maximum Gasteiger partial charge on any atom is 0.254 e. The van der Waals surface area contributed by atoms with Crippen LogP contribution in [0.3, 0.4) is 0 Å². The summed E-state index contributed by atoms with van der Waals surface area (Å²) in [6, 6.07) is 1.14. The summed E-state index contributed by atoms with van der Waals surface area (Å²) >= 11 is 0. The number of amides is 2. The van der Waals surface area contributed by atoms with Crippen molar-refractivity contribution in [3.05, 3.63) is 42.4 Å². The maximum atomic E-state index is 12.3. The molecule has 0 unspecified atom stereocenters. The normalized spacial score (nSPS) is 21.9. The molecule has 2 aromatic rings. The molecule has 3 heterocycles. The summed E-state index contributed by atoms with van der Waals surface area (Å²) in [7, 11) is 3.63.